The molecule has 1 aliphatic rings. The fourth-order valence-corrected chi connectivity index (χ4v) is 3.42. The van der Waals surface area contributed by atoms with Crippen molar-refractivity contribution in [3.63, 3.8) is 0 Å². The number of nitrogens with one attached hydrogen (secondary N) is 1. The number of hydrogen-bond donors (Lipinski definition) is 1. The molecule has 1 aliphatic carbocycles. The van der Waals surface area contributed by atoms with E-state index in [0.29, 0.717) is 11.8 Å². The van der Waals surface area contributed by atoms with Crippen molar-refractivity contribution >= 4 is 11.6 Å². The number of aryl methyl sites for hydroxylation is 1. The van der Waals surface area contributed by atoms with Crippen LogP contribution in [-0.4, -0.2) is 22.9 Å². The molecule has 1 aromatic heterocycles. The summed E-state index contributed by atoms with van der Waals surface area (Å²) in [6.07, 6.45) is 8.20. The maximum absolute atomic E-state index is 6.30. The van der Waals surface area contributed by atoms with Gasteiger partial charge in [0.05, 0.1) is 16.9 Å². The molecule has 1 fully saturated rings. The smallest absolute Gasteiger partial charge is 0.0820 e. The fourth-order valence-electron chi connectivity index (χ4n) is 3.11. The van der Waals surface area contributed by atoms with Gasteiger partial charge in [-0.3, -0.25) is 4.68 Å². The molecule has 0 aromatic carbocycles. The molecular weight excluding hydrogens is 246 g/mol. The Bertz CT molecular complexity index is 356. The maximum atomic E-state index is 6.30. The van der Waals surface area contributed by atoms with E-state index in [2.05, 4.69) is 17.3 Å². The van der Waals surface area contributed by atoms with Crippen LogP contribution in [0.25, 0.3) is 0 Å². The van der Waals surface area contributed by atoms with Gasteiger partial charge in [0.15, 0.2) is 0 Å². The topological polar surface area (TPSA) is 29.9 Å². The van der Waals surface area contributed by atoms with Crippen LogP contribution in [-0.2, 0) is 7.05 Å². The third kappa shape index (κ3) is 3.07. The van der Waals surface area contributed by atoms with Gasteiger partial charge < -0.3 is 5.32 Å². The second-order valence-corrected chi connectivity index (χ2v) is 5.76. The molecule has 0 bridgehead atoms. The molecule has 3 nitrogen and oxygen atoms in total. The van der Waals surface area contributed by atoms with E-state index in [0.717, 1.165) is 18.1 Å². The summed E-state index contributed by atoms with van der Waals surface area (Å²) in [5.41, 5.74) is 1.24. The molecule has 4 heteroatoms. The summed E-state index contributed by atoms with van der Waals surface area (Å²) in [5.74, 6) is 1.28. The molecule has 0 spiro atoms. The average Bonchev–Trinajstić information content (AvgIpc) is 2.70. The van der Waals surface area contributed by atoms with E-state index in [-0.39, 0.29) is 0 Å². The number of rotatable bonds is 5. The van der Waals surface area contributed by atoms with Gasteiger partial charge in [-0.2, -0.15) is 5.10 Å². The zero-order valence-corrected chi connectivity index (χ0v) is 12.2. The van der Waals surface area contributed by atoms with Gasteiger partial charge in [0.2, 0.25) is 0 Å². The minimum absolute atomic E-state index is 0.572. The van der Waals surface area contributed by atoms with Crippen LogP contribution in [0.2, 0.25) is 5.02 Å². The molecule has 1 aromatic rings. The second kappa shape index (κ2) is 6.58. The zero-order valence-electron chi connectivity index (χ0n) is 11.5. The summed E-state index contributed by atoms with van der Waals surface area (Å²) in [6, 6.07) is 0. The molecule has 2 unspecified atom stereocenters. The first kappa shape index (κ1) is 13.9. The van der Waals surface area contributed by atoms with Crippen molar-refractivity contribution in [3.05, 3.63) is 16.9 Å². The lowest BCUT2D eigenvalue weighted by Gasteiger charge is -2.32. The Kier molecular flexibility index (Phi) is 5.07. The van der Waals surface area contributed by atoms with Gasteiger partial charge in [-0.1, -0.05) is 31.4 Å². The Morgan fingerprint density at radius 2 is 2.22 bits per heavy atom. The Labute approximate surface area is 115 Å². The number of hydrogen-bond acceptors (Lipinski definition) is 2. The molecule has 0 saturated heterocycles. The van der Waals surface area contributed by atoms with Gasteiger partial charge in [-0.15, -0.1) is 0 Å². The molecule has 0 aliphatic heterocycles. The summed E-state index contributed by atoms with van der Waals surface area (Å²) in [5, 5.41) is 8.69. The predicted octanol–water partition coefficient (Wildman–Crippen LogP) is 3.35. The lowest BCUT2D eigenvalue weighted by molar-refractivity contribution is 0.286. The largest absolute Gasteiger partial charge is 0.316 e. The van der Waals surface area contributed by atoms with Crippen LogP contribution >= 0.6 is 11.6 Å². The Morgan fingerprint density at radius 1 is 1.44 bits per heavy atom. The molecular formula is C14H24ClN3. The maximum Gasteiger partial charge on any atom is 0.0820 e. The number of nitrogens with zero attached hydrogens (tertiary/aromatic N) is 2. The third-order valence-electron chi connectivity index (χ3n) is 4.03. The highest BCUT2D eigenvalue weighted by atomic mass is 35.5. The quantitative estimate of drug-likeness (QED) is 0.831. The van der Waals surface area contributed by atoms with Crippen LogP contribution in [0, 0.1) is 5.92 Å². The first-order chi connectivity index (χ1) is 8.74. The first-order valence-electron chi connectivity index (χ1n) is 7.12. The van der Waals surface area contributed by atoms with Crippen LogP contribution in [0.5, 0.6) is 0 Å². The van der Waals surface area contributed by atoms with Gasteiger partial charge in [-0.25, -0.2) is 0 Å². The first-order valence-corrected chi connectivity index (χ1v) is 7.50. The molecule has 2 atom stereocenters. The van der Waals surface area contributed by atoms with E-state index in [1.807, 2.05) is 11.7 Å². The third-order valence-corrected chi connectivity index (χ3v) is 4.32. The SMILES string of the molecule is CCCNCC1CCCCC1c1c(Cl)cnn1C. The Morgan fingerprint density at radius 3 is 2.89 bits per heavy atom. The van der Waals surface area contributed by atoms with E-state index >= 15 is 0 Å². The van der Waals surface area contributed by atoms with E-state index in [4.69, 9.17) is 11.6 Å². The van der Waals surface area contributed by atoms with Gasteiger partial charge >= 0.3 is 0 Å². The second-order valence-electron chi connectivity index (χ2n) is 5.36. The standard InChI is InChI=1S/C14H24ClN3/c1-3-8-16-9-11-6-4-5-7-12(11)14-13(15)10-17-18(14)2/h10-12,16H,3-9H2,1-2H3. The summed E-state index contributed by atoms with van der Waals surface area (Å²) in [4.78, 5) is 0. The number of aromatic nitrogens is 2. The lowest BCUT2D eigenvalue weighted by Crippen LogP contribution is -2.31. The Balaban J connectivity index is 2.08. The van der Waals surface area contributed by atoms with E-state index < -0.39 is 0 Å². The van der Waals surface area contributed by atoms with E-state index in [1.54, 1.807) is 6.20 Å². The van der Waals surface area contributed by atoms with Crippen molar-refractivity contribution in [3.8, 4) is 0 Å². The molecule has 1 N–H and O–H groups in total. The van der Waals surface area contributed by atoms with Crippen LogP contribution in [0.3, 0.4) is 0 Å². The van der Waals surface area contributed by atoms with Crippen LogP contribution < -0.4 is 5.32 Å². The van der Waals surface area contributed by atoms with Gasteiger partial charge in [-0.05, 0) is 38.3 Å². The highest BCUT2D eigenvalue weighted by Crippen LogP contribution is 2.39. The predicted molar refractivity (Wildman–Crippen MR) is 76.1 cm³/mol. The zero-order chi connectivity index (χ0) is 13.0. The molecule has 2 rings (SSSR count). The van der Waals surface area contributed by atoms with Crippen molar-refractivity contribution in [1.29, 1.82) is 0 Å². The lowest BCUT2D eigenvalue weighted by atomic mass is 9.77. The summed E-state index contributed by atoms with van der Waals surface area (Å²) < 4.78 is 1.96. The number of halogens is 1. The molecule has 0 amide bonds. The molecule has 1 heterocycles. The van der Waals surface area contributed by atoms with Crippen molar-refractivity contribution in [2.45, 2.75) is 44.9 Å². The van der Waals surface area contributed by atoms with Crippen molar-refractivity contribution < 1.29 is 0 Å². The van der Waals surface area contributed by atoms with Gasteiger partial charge in [0.25, 0.3) is 0 Å². The molecule has 18 heavy (non-hydrogen) atoms. The van der Waals surface area contributed by atoms with Crippen molar-refractivity contribution in [2.75, 3.05) is 13.1 Å². The fraction of sp³-hybridized carbons (Fsp3) is 0.786. The monoisotopic (exact) mass is 269 g/mol. The molecule has 102 valence electrons. The average molecular weight is 270 g/mol. The van der Waals surface area contributed by atoms with E-state index in [9.17, 15) is 0 Å². The Hall–Kier alpha value is -0.540. The highest BCUT2D eigenvalue weighted by Gasteiger charge is 2.29. The van der Waals surface area contributed by atoms with Crippen LogP contribution in [0.4, 0.5) is 0 Å². The minimum atomic E-state index is 0.572. The van der Waals surface area contributed by atoms with Gasteiger partial charge in [0, 0.05) is 13.0 Å². The summed E-state index contributed by atoms with van der Waals surface area (Å²) in [7, 11) is 2.01. The van der Waals surface area contributed by atoms with Crippen LogP contribution in [0.15, 0.2) is 6.20 Å². The van der Waals surface area contributed by atoms with Crippen molar-refractivity contribution in [2.24, 2.45) is 13.0 Å². The molecule has 0 radical (unpaired) electrons. The van der Waals surface area contributed by atoms with Crippen molar-refractivity contribution in [1.82, 2.24) is 15.1 Å². The summed E-state index contributed by atoms with van der Waals surface area (Å²) in [6.45, 7) is 4.44. The normalized spacial score (nSPS) is 24.4. The van der Waals surface area contributed by atoms with E-state index in [1.165, 1.54) is 37.8 Å². The van der Waals surface area contributed by atoms with Gasteiger partial charge in [0.1, 0.15) is 0 Å². The molecule has 1 saturated carbocycles. The minimum Gasteiger partial charge on any atom is -0.316 e. The van der Waals surface area contributed by atoms with Crippen LogP contribution in [0.1, 0.15) is 50.6 Å². The summed E-state index contributed by atoms with van der Waals surface area (Å²) >= 11 is 6.30. The highest BCUT2D eigenvalue weighted by molar-refractivity contribution is 6.31.